The number of aliphatic carboxylic acids is 1. The summed E-state index contributed by atoms with van der Waals surface area (Å²) >= 11 is 3.42. The number of carboxylic acids is 1. The molecule has 0 atom stereocenters. The SMILES string of the molecule is CCc1oc2ccccc2c1C(=O)c1cc(I)c(OC(F)(F)C(=O)[O-])c(I)c1. The molecule has 0 saturated heterocycles. The number of ketones is 1. The molecule has 0 aliphatic rings. The Morgan fingerprint density at radius 2 is 1.79 bits per heavy atom. The molecule has 9 heteroatoms. The summed E-state index contributed by atoms with van der Waals surface area (Å²) in [5.41, 5.74) is 1.25. The van der Waals surface area contributed by atoms with Crippen molar-refractivity contribution in [2.45, 2.75) is 19.5 Å². The molecular formula is C19H11F2I2O5-. The van der Waals surface area contributed by atoms with Crippen LogP contribution in [-0.2, 0) is 11.2 Å². The Labute approximate surface area is 185 Å². The first-order valence-electron chi connectivity index (χ1n) is 7.98. The van der Waals surface area contributed by atoms with Crippen molar-refractivity contribution in [3.8, 4) is 5.75 Å². The van der Waals surface area contributed by atoms with Crippen molar-refractivity contribution < 1.29 is 32.6 Å². The van der Waals surface area contributed by atoms with Gasteiger partial charge in [-0.15, -0.1) is 0 Å². The Bertz CT molecular complexity index is 1070. The number of benzene rings is 2. The number of halogens is 4. The molecule has 0 radical (unpaired) electrons. The number of carbonyl (C=O) groups is 2. The van der Waals surface area contributed by atoms with Gasteiger partial charge in [0, 0.05) is 17.4 Å². The molecule has 2 aromatic carbocycles. The first-order valence-corrected chi connectivity index (χ1v) is 10.1. The molecule has 3 aromatic rings. The molecule has 146 valence electrons. The van der Waals surface area contributed by atoms with Gasteiger partial charge in [0.25, 0.3) is 0 Å². The maximum absolute atomic E-state index is 13.4. The van der Waals surface area contributed by atoms with Gasteiger partial charge in [-0.3, -0.25) is 4.79 Å². The van der Waals surface area contributed by atoms with Crippen molar-refractivity contribution in [3.63, 3.8) is 0 Å². The molecule has 0 unspecified atom stereocenters. The number of para-hydroxylation sites is 1. The molecule has 5 nitrogen and oxygen atoms in total. The normalized spacial score (nSPS) is 11.6. The number of furan rings is 1. The topological polar surface area (TPSA) is 79.6 Å². The molecule has 3 rings (SSSR count). The van der Waals surface area contributed by atoms with E-state index < -0.39 is 12.1 Å². The average molecular weight is 611 g/mol. The standard InChI is InChI=1S/C19H12F2I2O5/c1-2-13-15(10-5-3-4-6-14(10)27-13)16(24)9-7-11(22)17(12(23)8-9)28-19(20,21)18(25)26/h3-8H,2H2,1H3,(H,25,26)/p-1. The van der Waals surface area contributed by atoms with Crippen LogP contribution in [0, 0.1) is 7.14 Å². The van der Waals surface area contributed by atoms with E-state index in [4.69, 9.17) is 4.42 Å². The van der Waals surface area contributed by atoms with E-state index >= 15 is 0 Å². The predicted molar refractivity (Wildman–Crippen MR) is 111 cm³/mol. The Balaban J connectivity index is 2.06. The highest BCUT2D eigenvalue weighted by atomic mass is 127. The van der Waals surface area contributed by atoms with Crippen LogP contribution in [-0.4, -0.2) is 17.9 Å². The number of ether oxygens (including phenoxy) is 1. The zero-order valence-corrected chi connectivity index (χ0v) is 18.5. The molecule has 28 heavy (non-hydrogen) atoms. The average Bonchev–Trinajstić information content (AvgIpc) is 3.02. The third kappa shape index (κ3) is 3.86. The Morgan fingerprint density at radius 1 is 1.18 bits per heavy atom. The number of carboxylic acid groups (broad SMARTS) is 1. The second kappa shape index (κ2) is 7.93. The van der Waals surface area contributed by atoms with E-state index in [2.05, 4.69) is 4.74 Å². The quantitative estimate of drug-likeness (QED) is 0.309. The van der Waals surface area contributed by atoms with Crippen LogP contribution in [0.4, 0.5) is 8.78 Å². The van der Waals surface area contributed by atoms with Gasteiger partial charge in [-0.1, -0.05) is 25.1 Å². The van der Waals surface area contributed by atoms with Crippen LogP contribution in [0.1, 0.15) is 28.6 Å². The minimum absolute atomic E-state index is 0.166. The molecule has 0 saturated carbocycles. The summed E-state index contributed by atoms with van der Waals surface area (Å²) in [6, 6.07) is 9.87. The van der Waals surface area contributed by atoms with Gasteiger partial charge in [0.15, 0.2) is 17.5 Å². The van der Waals surface area contributed by atoms with Crippen LogP contribution >= 0.6 is 45.2 Å². The van der Waals surface area contributed by atoms with Crippen LogP contribution in [0.15, 0.2) is 40.8 Å². The second-order valence-electron chi connectivity index (χ2n) is 5.75. The highest BCUT2D eigenvalue weighted by molar-refractivity contribution is 14.1. The van der Waals surface area contributed by atoms with Gasteiger partial charge in [0.05, 0.1) is 12.7 Å². The fraction of sp³-hybridized carbons (Fsp3) is 0.158. The highest BCUT2D eigenvalue weighted by Crippen LogP contribution is 2.35. The zero-order chi connectivity index (χ0) is 20.6. The maximum Gasteiger partial charge on any atom is 0.441 e. The van der Waals surface area contributed by atoms with Crippen LogP contribution in [0.2, 0.25) is 0 Å². The first-order chi connectivity index (χ1) is 13.2. The fourth-order valence-corrected chi connectivity index (χ4v) is 4.69. The molecule has 0 aliphatic carbocycles. The van der Waals surface area contributed by atoms with E-state index in [9.17, 15) is 23.5 Å². The van der Waals surface area contributed by atoms with Crippen molar-refractivity contribution in [2.75, 3.05) is 0 Å². The number of fused-ring (bicyclic) bond motifs is 1. The van der Waals surface area contributed by atoms with Crippen molar-refractivity contribution in [1.29, 1.82) is 0 Å². The lowest BCUT2D eigenvalue weighted by atomic mass is 9.99. The van der Waals surface area contributed by atoms with Crippen LogP contribution in [0.3, 0.4) is 0 Å². The van der Waals surface area contributed by atoms with E-state index in [1.807, 2.05) is 6.92 Å². The van der Waals surface area contributed by atoms with Gasteiger partial charge in [-0.05, 0) is 63.4 Å². The molecule has 0 bridgehead atoms. The summed E-state index contributed by atoms with van der Waals surface area (Å²) in [6.45, 7) is 1.86. The van der Waals surface area contributed by atoms with Crippen LogP contribution < -0.4 is 9.84 Å². The number of hydrogen-bond acceptors (Lipinski definition) is 5. The van der Waals surface area contributed by atoms with Gasteiger partial charge in [0.2, 0.25) is 0 Å². The second-order valence-corrected chi connectivity index (χ2v) is 8.08. The molecular weight excluding hydrogens is 600 g/mol. The van der Waals surface area contributed by atoms with Crippen molar-refractivity contribution in [2.24, 2.45) is 0 Å². The number of aryl methyl sites for hydroxylation is 1. The molecule has 0 N–H and O–H groups in total. The maximum atomic E-state index is 13.4. The first kappa shape index (κ1) is 21.0. The Kier molecular flexibility index (Phi) is 5.94. The summed E-state index contributed by atoms with van der Waals surface area (Å²) in [7, 11) is 0. The number of rotatable bonds is 6. The van der Waals surface area contributed by atoms with E-state index in [1.165, 1.54) is 12.1 Å². The lowest BCUT2D eigenvalue weighted by Crippen LogP contribution is -2.46. The summed E-state index contributed by atoms with van der Waals surface area (Å²) < 4.78 is 37.2. The molecule has 0 spiro atoms. The van der Waals surface area contributed by atoms with Crippen LogP contribution in [0.5, 0.6) is 5.75 Å². The minimum Gasteiger partial charge on any atom is -0.541 e. The van der Waals surface area contributed by atoms with Gasteiger partial charge < -0.3 is 19.1 Å². The van der Waals surface area contributed by atoms with E-state index in [1.54, 1.807) is 69.4 Å². The molecule has 1 aromatic heterocycles. The van der Waals surface area contributed by atoms with Gasteiger partial charge in [0.1, 0.15) is 11.3 Å². The number of hydrogen-bond donors (Lipinski definition) is 0. The summed E-state index contributed by atoms with van der Waals surface area (Å²) in [6.07, 6.45) is -3.98. The molecule has 1 heterocycles. The van der Waals surface area contributed by atoms with Crippen molar-refractivity contribution >= 4 is 67.9 Å². The third-order valence-electron chi connectivity index (χ3n) is 3.94. The molecule has 0 fully saturated rings. The van der Waals surface area contributed by atoms with E-state index in [-0.39, 0.29) is 24.2 Å². The predicted octanol–water partition coefficient (Wildman–Crippen LogP) is 4.16. The summed E-state index contributed by atoms with van der Waals surface area (Å²) in [5.74, 6) is -2.77. The largest absolute Gasteiger partial charge is 0.541 e. The highest BCUT2D eigenvalue weighted by Gasteiger charge is 2.35. The third-order valence-corrected chi connectivity index (χ3v) is 5.55. The number of alkyl halides is 2. The Hall–Kier alpha value is -1.76. The molecule has 0 amide bonds. The smallest absolute Gasteiger partial charge is 0.441 e. The van der Waals surface area contributed by atoms with E-state index in [0.29, 0.717) is 28.7 Å². The van der Waals surface area contributed by atoms with Crippen molar-refractivity contribution in [1.82, 2.24) is 0 Å². The van der Waals surface area contributed by atoms with Gasteiger partial charge >= 0.3 is 6.11 Å². The van der Waals surface area contributed by atoms with Crippen molar-refractivity contribution in [3.05, 3.63) is 60.4 Å². The lowest BCUT2D eigenvalue weighted by Gasteiger charge is -2.20. The van der Waals surface area contributed by atoms with Gasteiger partial charge in [-0.25, -0.2) is 0 Å². The van der Waals surface area contributed by atoms with Gasteiger partial charge in [-0.2, -0.15) is 8.78 Å². The summed E-state index contributed by atoms with van der Waals surface area (Å²) in [4.78, 5) is 23.7. The minimum atomic E-state index is -4.48. The Morgan fingerprint density at radius 3 is 2.36 bits per heavy atom. The fourth-order valence-electron chi connectivity index (χ4n) is 2.70. The lowest BCUT2D eigenvalue weighted by molar-refractivity contribution is -0.350. The van der Waals surface area contributed by atoms with E-state index in [0.717, 1.165) is 0 Å². The monoisotopic (exact) mass is 611 g/mol. The number of carbonyl (C=O) groups excluding carboxylic acids is 2. The molecule has 0 aliphatic heterocycles. The van der Waals surface area contributed by atoms with Crippen LogP contribution in [0.25, 0.3) is 11.0 Å². The zero-order valence-electron chi connectivity index (χ0n) is 14.2. The summed E-state index contributed by atoms with van der Waals surface area (Å²) in [5, 5.41) is 11.2.